The summed E-state index contributed by atoms with van der Waals surface area (Å²) in [7, 11) is 3.57. The number of methoxy groups -OCH3 is 1. The number of hydrogen-bond acceptors (Lipinski definition) is 6. The van der Waals surface area contributed by atoms with Crippen LogP contribution in [0.3, 0.4) is 0 Å². The first-order chi connectivity index (χ1) is 15.1. The van der Waals surface area contributed by atoms with Gasteiger partial charge in [0.2, 0.25) is 0 Å². The van der Waals surface area contributed by atoms with Gasteiger partial charge in [-0.1, -0.05) is 53.9 Å². The molecule has 4 aromatic rings. The third-order valence-electron chi connectivity index (χ3n) is 5.23. The number of hydrogen-bond donors (Lipinski definition) is 0. The fraction of sp³-hybridized carbons (Fsp3) is 0.174. The van der Waals surface area contributed by atoms with Crippen molar-refractivity contribution >= 4 is 38.8 Å². The lowest BCUT2D eigenvalue weighted by Gasteiger charge is -2.13. The van der Waals surface area contributed by atoms with Crippen molar-refractivity contribution in [3.63, 3.8) is 0 Å². The molecule has 5 rings (SSSR count). The van der Waals surface area contributed by atoms with Crippen molar-refractivity contribution in [3.8, 4) is 5.75 Å². The highest BCUT2D eigenvalue weighted by molar-refractivity contribution is 8.39. The first-order valence-corrected chi connectivity index (χ1v) is 11.4. The van der Waals surface area contributed by atoms with Crippen LogP contribution in [0.1, 0.15) is 11.3 Å². The van der Waals surface area contributed by atoms with E-state index in [4.69, 9.17) is 9.73 Å². The molecule has 0 aliphatic carbocycles. The van der Waals surface area contributed by atoms with E-state index in [0.717, 1.165) is 36.6 Å². The Morgan fingerprint density at radius 1 is 1.16 bits per heavy atom. The minimum absolute atomic E-state index is 0.102. The second kappa shape index (κ2) is 8.28. The molecule has 0 bridgehead atoms. The predicted molar refractivity (Wildman–Crippen MR) is 126 cm³/mol. The van der Waals surface area contributed by atoms with Crippen molar-refractivity contribution < 1.29 is 4.74 Å². The molecule has 1 aliphatic heterocycles. The Bertz CT molecular complexity index is 1360. The van der Waals surface area contributed by atoms with Crippen LogP contribution in [-0.4, -0.2) is 25.8 Å². The summed E-state index contributed by atoms with van der Waals surface area (Å²) in [5.74, 6) is 0.762. The molecule has 0 N–H and O–H groups in total. The highest BCUT2D eigenvalue weighted by atomic mass is 32.2. The lowest BCUT2D eigenvalue weighted by molar-refractivity contribution is 0.414. The molecule has 3 heterocycles. The highest BCUT2D eigenvalue weighted by Crippen LogP contribution is 2.41. The lowest BCUT2D eigenvalue weighted by Crippen LogP contribution is -2.24. The van der Waals surface area contributed by atoms with Gasteiger partial charge in [0, 0.05) is 22.2 Å². The molecule has 2 aromatic carbocycles. The van der Waals surface area contributed by atoms with E-state index in [1.165, 1.54) is 4.68 Å². The Labute approximate surface area is 187 Å². The normalized spacial score (nSPS) is 13.2. The van der Waals surface area contributed by atoms with Gasteiger partial charge in [0.05, 0.1) is 32.1 Å². The number of aryl methyl sites for hydroxylation is 1. The zero-order valence-corrected chi connectivity index (χ0v) is 18.7. The Hall–Kier alpha value is -2.97. The zero-order valence-electron chi connectivity index (χ0n) is 17.1. The molecule has 0 spiro atoms. The third-order valence-corrected chi connectivity index (χ3v) is 7.50. The summed E-state index contributed by atoms with van der Waals surface area (Å²) in [6.07, 6.45) is 1.80. The topological polar surface area (TPSA) is 61.4 Å². The molecule has 2 aromatic heterocycles. The summed E-state index contributed by atoms with van der Waals surface area (Å²) < 4.78 is 9.75. The van der Waals surface area contributed by atoms with E-state index in [0.29, 0.717) is 18.6 Å². The Balaban J connectivity index is 1.48. The van der Waals surface area contributed by atoms with Crippen LogP contribution in [0.25, 0.3) is 10.9 Å². The van der Waals surface area contributed by atoms with E-state index in [1.807, 2.05) is 54.1 Å². The summed E-state index contributed by atoms with van der Waals surface area (Å²) in [6.45, 7) is 0.943. The number of aliphatic imine (C=N–C) groups is 1. The average Bonchev–Trinajstić information content (AvgIpc) is 3.08. The van der Waals surface area contributed by atoms with Gasteiger partial charge in [-0.3, -0.25) is 9.79 Å². The van der Waals surface area contributed by atoms with Gasteiger partial charge >= 0.3 is 0 Å². The van der Waals surface area contributed by atoms with Crippen molar-refractivity contribution in [2.45, 2.75) is 22.9 Å². The minimum Gasteiger partial charge on any atom is -0.497 e. The third kappa shape index (κ3) is 3.77. The molecule has 31 heavy (non-hydrogen) atoms. The van der Waals surface area contributed by atoms with Crippen molar-refractivity contribution in [1.82, 2.24) is 14.3 Å². The summed E-state index contributed by atoms with van der Waals surface area (Å²) in [5.41, 5.74) is 2.58. The molecule has 6 nitrogen and oxygen atoms in total. The summed E-state index contributed by atoms with van der Waals surface area (Å²) >= 11 is 3.26. The monoisotopic (exact) mass is 448 g/mol. The van der Waals surface area contributed by atoms with Crippen LogP contribution in [-0.2, 0) is 20.1 Å². The van der Waals surface area contributed by atoms with E-state index in [-0.39, 0.29) is 5.56 Å². The first kappa shape index (κ1) is 20.0. The van der Waals surface area contributed by atoms with Gasteiger partial charge in [-0.05, 0) is 29.8 Å². The molecular weight excluding hydrogens is 428 g/mol. The standard InChI is InChI=1S/C23H20N4O2S2/c1-26-19-13-24-23(30-17-9-4-3-5-10-17)31-21(19)18-12-25-27(22(28)20(18)26)14-15-7-6-8-16(11-15)29-2/h3-12H,13-14H2,1-2H3. The van der Waals surface area contributed by atoms with Crippen molar-refractivity contribution in [2.75, 3.05) is 7.11 Å². The number of fused-ring (bicyclic) bond motifs is 3. The molecule has 0 amide bonds. The van der Waals surface area contributed by atoms with Gasteiger partial charge in [-0.25, -0.2) is 4.68 Å². The smallest absolute Gasteiger partial charge is 0.291 e. The van der Waals surface area contributed by atoms with Gasteiger partial charge in [0.25, 0.3) is 5.56 Å². The molecule has 0 radical (unpaired) electrons. The largest absolute Gasteiger partial charge is 0.497 e. The molecule has 0 unspecified atom stereocenters. The Morgan fingerprint density at radius 2 is 2.00 bits per heavy atom. The van der Waals surface area contributed by atoms with Crippen LogP contribution in [0, 0.1) is 0 Å². The van der Waals surface area contributed by atoms with Crippen molar-refractivity contribution in [1.29, 1.82) is 0 Å². The van der Waals surface area contributed by atoms with Crippen LogP contribution < -0.4 is 10.3 Å². The van der Waals surface area contributed by atoms with Crippen molar-refractivity contribution in [3.05, 3.63) is 82.4 Å². The maximum atomic E-state index is 13.3. The highest BCUT2D eigenvalue weighted by Gasteiger charge is 2.24. The van der Waals surface area contributed by atoms with Gasteiger partial charge < -0.3 is 9.30 Å². The van der Waals surface area contributed by atoms with E-state index in [2.05, 4.69) is 17.2 Å². The second-order valence-electron chi connectivity index (χ2n) is 7.16. The Morgan fingerprint density at radius 3 is 2.81 bits per heavy atom. The quantitative estimate of drug-likeness (QED) is 0.459. The number of aromatic nitrogens is 3. The predicted octanol–water partition coefficient (Wildman–Crippen LogP) is 4.55. The van der Waals surface area contributed by atoms with Crippen LogP contribution in [0.2, 0.25) is 0 Å². The van der Waals surface area contributed by atoms with Gasteiger partial charge in [-0.2, -0.15) is 5.10 Å². The Kier molecular flexibility index (Phi) is 5.33. The van der Waals surface area contributed by atoms with Crippen LogP contribution >= 0.6 is 23.5 Å². The molecule has 0 atom stereocenters. The molecule has 0 fully saturated rings. The number of ether oxygens (including phenoxy) is 1. The SMILES string of the molecule is COc1cccc(Cn2ncc3c4c(n(C)c3c2=O)CN=C(Sc2ccccc2)S4)c1. The van der Waals surface area contributed by atoms with Gasteiger partial charge in [0.1, 0.15) is 15.6 Å². The number of rotatable bonds is 4. The van der Waals surface area contributed by atoms with Crippen LogP contribution in [0.4, 0.5) is 0 Å². The average molecular weight is 449 g/mol. The number of benzene rings is 2. The van der Waals surface area contributed by atoms with Gasteiger partial charge in [0.15, 0.2) is 0 Å². The molecular formula is C23H20N4O2S2. The number of thioether (sulfide) groups is 2. The van der Waals surface area contributed by atoms with Crippen LogP contribution in [0.15, 0.2) is 80.4 Å². The first-order valence-electron chi connectivity index (χ1n) is 9.79. The summed E-state index contributed by atoms with van der Waals surface area (Å²) in [4.78, 5) is 20.3. The molecule has 156 valence electrons. The molecule has 8 heteroatoms. The zero-order chi connectivity index (χ0) is 21.4. The maximum Gasteiger partial charge on any atom is 0.291 e. The molecule has 0 saturated carbocycles. The van der Waals surface area contributed by atoms with Crippen molar-refractivity contribution in [2.24, 2.45) is 12.0 Å². The fourth-order valence-electron chi connectivity index (χ4n) is 3.66. The van der Waals surface area contributed by atoms with Gasteiger partial charge in [-0.15, -0.1) is 0 Å². The second-order valence-corrected chi connectivity index (χ2v) is 9.48. The summed E-state index contributed by atoms with van der Waals surface area (Å²) in [6, 6.07) is 17.9. The van der Waals surface area contributed by atoms with E-state index in [9.17, 15) is 4.79 Å². The van der Waals surface area contributed by atoms with E-state index >= 15 is 0 Å². The molecule has 1 aliphatic rings. The minimum atomic E-state index is -0.102. The maximum absolute atomic E-state index is 13.3. The number of nitrogens with zero attached hydrogens (tertiary/aromatic N) is 4. The van der Waals surface area contributed by atoms with E-state index < -0.39 is 0 Å². The lowest BCUT2D eigenvalue weighted by atomic mass is 10.2. The summed E-state index contributed by atoms with van der Waals surface area (Å²) in [5, 5.41) is 5.36. The van der Waals surface area contributed by atoms with Crippen LogP contribution in [0.5, 0.6) is 5.75 Å². The fourth-order valence-corrected chi connectivity index (χ4v) is 5.87. The van der Waals surface area contributed by atoms with E-state index in [1.54, 1.807) is 36.8 Å². The molecule has 0 saturated heterocycles.